The van der Waals surface area contributed by atoms with Gasteiger partial charge in [0, 0.05) is 12.6 Å². The monoisotopic (exact) mass is 287 g/mol. The molecule has 0 spiro atoms. The lowest BCUT2D eigenvalue weighted by Crippen LogP contribution is -2.31. The number of amides is 1. The SMILES string of the molecule is CC(C)(C)CC(Cl)CNC(=O)c1cc([N+](=O)[O-])c[nH]1. The van der Waals surface area contributed by atoms with Crippen molar-refractivity contribution in [1.29, 1.82) is 0 Å². The van der Waals surface area contributed by atoms with Crippen LogP contribution in [-0.2, 0) is 0 Å². The summed E-state index contributed by atoms with van der Waals surface area (Å²) in [6.45, 7) is 6.53. The summed E-state index contributed by atoms with van der Waals surface area (Å²) in [5, 5.41) is 13.0. The number of aromatic nitrogens is 1. The van der Waals surface area contributed by atoms with Gasteiger partial charge in [-0.1, -0.05) is 20.8 Å². The quantitative estimate of drug-likeness (QED) is 0.496. The zero-order valence-electron chi connectivity index (χ0n) is 11.2. The fraction of sp³-hybridized carbons (Fsp3) is 0.583. The molecule has 1 aromatic heterocycles. The third-order valence-corrected chi connectivity index (χ3v) is 2.75. The van der Waals surface area contributed by atoms with Crippen molar-refractivity contribution in [3.05, 3.63) is 28.1 Å². The summed E-state index contributed by atoms with van der Waals surface area (Å²) in [4.78, 5) is 24.2. The molecular formula is C12H18ClN3O3. The van der Waals surface area contributed by atoms with E-state index in [1.165, 1.54) is 12.3 Å². The zero-order valence-corrected chi connectivity index (χ0v) is 12.0. The number of H-pyrrole nitrogens is 1. The maximum atomic E-state index is 11.7. The van der Waals surface area contributed by atoms with Gasteiger partial charge in [0.25, 0.3) is 11.6 Å². The largest absolute Gasteiger partial charge is 0.351 e. The number of carbonyl (C=O) groups is 1. The van der Waals surface area contributed by atoms with Crippen molar-refractivity contribution in [2.75, 3.05) is 6.54 Å². The predicted molar refractivity (Wildman–Crippen MR) is 73.5 cm³/mol. The second kappa shape index (κ2) is 6.06. The zero-order chi connectivity index (χ0) is 14.6. The highest BCUT2D eigenvalue weighted by Gasteiger charge is 2.19. The van der Waals surface area contributed by atoms with E-state index in [0.717, 1.165) is 6.42 Å². The van der Waals surface area contributed by atoms with Crippen molar-refractivity contribution in [2.24, 2.45) is 5.41 Å². The van der Waals surface area contributed by atoms with Gasteiger partial charge in [0.2, 0.25) is 0 Å². The molecule has 0 aromatic carbocycles. The van der Waals surface area contributed by atoms with E-state index in [2.05, 4.69) is 31.1 Å². The highest BCUT2D eigenvalue weighted by molar-refractivity contribution is 6.21. The van der Waals surface area contributed by atoms with Crippen LogP contribution >= 0.6 is 11.6 Å². The standard InChI is InChI=1S/C12H18ClN3O3/c1-12(2,3)5-8(13)6-15-11(17)10-4-9(7-14-10)16(18)19/h4,7-8,14H,5-6H2,1-3H3,(H,15,17). The number of rotatable bonds is 5. The van der Waals surface area contributed by atoms with Crippen molar-refractivity contribution < 1.29 is 9.72 Å². The van der Waals surface area contributed by atoms with E-state index in [-0.39, 0.29) is 22.2 Å². The second-order valence-corrected chi connectivity index (χ2v) is 6.22. The van der Waals surface area contributed by atoms with Crippen LogP contribution in [-0.4, -0.2) is 27.7 Å². The lowest BCUT2D eigenvalue weighted by Gasteiger charge is -2.21. The first-order valence-corrected chi connectivity index (χ1v) is 6.38. The van der Waals surface area contributed by atoms with Crippen molar-refractivity contribution in [3.8, 4) is 0 Å². The molecule has 1 rings (SSSR count). The first-order chi connectivity index (χ1) is 8.69. The third kappa shape index (κ3) is 5.30. The number of halogens is 1. The van der Waals surface area contributed by atoms with Crippen LogP contribution in [0.25, 0.3) is 0 Å². The van der Waals surface area contributed by atoms with Gasteiger partial charge in [-0.05, 0) is 11.8 Å². The van der Waals surface area contributed by atoms with E-state index in [1.54, 1.807) is 0 Å². The first-order valence-electron chi connectivity index (χ1n) is 5.94. The third-order valence-electron chi connectivity index (χ3n) is 2.44. The van der Waals surface area contributed by atoms with Crippen LogP contribution in [0.15, 0.2) is 12.3 Å². The molecule has 7 heteroatoms. The maximum Gasteiger partial charge on any atom is 0.287 e. The molecule has 1 atom stereocenters. The van der Waals surface area contributed by atoms with Crippen LogP contribution in [0.2, 0.25) is 0 Å². The van der Waals surface area contributed by atoms with Gasteiger partial charge in [-0.25, -0.2) is 0 Å². The molecule has 19 heavy (non-hydrogen) atoms. The van der Waals surface area contributed by atoms with Crippen LogP contribution in [0.4, 0.5) is 5.69 Å². The van der Waals surface area contributed by atoms with E-state index in [0.29, 0.717) is 6.54 Å². The minimum absolute atomic E-state index is 0.0857. The van der Waals surface area contributed by atoms with Gasteiger partial charge in [0.15, 0.2) is 0 Å². The van der Waals surface area contributed by atoms with Crippen molar-refractivity contribution in [2.45, 2.75) is 32.6 Å². The number of hydrogen-bond donors (Lipinski definition) is 2. The lowest BCUT2D eigenvalue weighted by molar-refractivity contribution is -0.384. The van der Waals surface area contributed by atoms with Gasteiger partial charge >= 0.3 is 0 Å². The summed E-state index contributed by atoms with van der Waals surface area (Å²) < 4.78 is 0. The molecule has 6 nitrogen and oxygen atoms in total. The van der Waals surface area contributed by atoms with E-state index in [9.17, 15) is 14.9 Å². The number of carbonyl (C=O) groups excluding carboxylic acids is 1. The smallest absolute Gasteiger partial charge is 0.287 e. The van der Waals surface area contributed by atoms with E-state index >= 15 is 0 Å². The second-order valence-electron chi connectivity index (χ2n) is 5.60. The number of alkyl halides is 1. The Morgan fingerprint density at radius 1 is 1.58 bits per heavy atom. The number of nitrogens with one attached hydrogen (secondary N) is 2. The van der Waals surface area contributed by atoms with Crippen LogP contribution in [0, 0.1) is 15.5 Å². The molecule has 0 fully saturated rings. The minimum atomic E-state index is -0.558. The van der Waals surface area contributed by atoms with E-state index < -0.39 is 10.8 Å². The first kappa shape index (κ1) is 15.5. The topological polar surface area (TPSA) is 88.0 Å². The minimum Gasteiger partial charge on any atom is -0.351 e. The Labute approximate surface area is 116 Å². The van der Waals surface area contributed by atoms with Crippen molar-refractivity contribution in [1.82, 2.24) is 10.3 Å². The summed E-state index contributed by atoms with van der Waals surface area (Å²) in [6, 6.07) is 1.20. The molecule has 1 heterocycles. The van der Waals surface area contributed by atoms with Gasteiger partial charge < -0.3 is 10.3 Å². The molecule has 1 amide bonds. The van der Waals surface area contributed by atoms with E-state index in [1.807, 2.05) is 0 Å². The Bertz CT molecular complexity index is 465. The number of nitrogens with zero attached hydrogens (tertiary/aromatic N) is 1. The summed E-state index contributed by atoms with van der Waals surface area (Å²) in [7, 11) is 0. The normalized spacial score (nSPS) is 13.1. The highest BCUT2D eigenvalue weighted by Crippen LogP contribution is 2.23. The number of nitro groups is 1. The molecular weight excluding hydrogens is 270 g/mol. The molecule has 2 N–H and O–H groups in total. The van der Waals surface area contributed by atoms with Crippen molar-refractivity contribution >= 4 is 23.2 Å². The Morgan fingerprint density at radius 3 is 2.68 bits per heavy atom. The lowest BCUT2D eigenvalue weighted by atomic mass is 9.90. The molecule has 106 valence electrons. The summed E-state index contributed by atoms with van der Waals surface area (Å²) in [6.07, 6.45) is 1.95. The Balaban J connectivity index is 2.49. The molecule has 0 aliphatic carbocycles. The van der Waals surface area contributed by atoms with Gasteiger partial charge in [-0.15, -0.1) is 11.6 Å². The van der Waals surface area contributed by atoms with Crippen LogP contribution in [0.5, 0.6) is 0 Å². The summed E-state index contributed by atoms with van der Waals surface area (Å²) >= 11 is 6.12. The fourth-order valence-corrected chi connectivity index (χ4v) is 2.19. The van der Waals surface area contributed by atoms with Gasteiger partial charge in [-0.3, -0.25) is 14.9 Å². The van der Waals surface area contributed by atoms with Crippen LogP contribution in [0.3, 0.4) is 0 Å². The molecule has 0 radical (unpaired) electrons. The molecule has 0 bridgehead atoms. The molecule has 0 aliphatic rings. The van der Waals surface area contributed by atoms with Crippen LogP contribution in [0.1, 0.15) is 37.7 Å². The Hall–Kier alpha value is -1.56. The maximum absolute atomic E-state index is 11.7. The van der Waals surface area contributed by atoms with Gasteiger partial charge in [0.05, 0.1) is 16.5 Å². The molecule has 1 unspecified atom stereocenters. The highest BCUT2D eigenvalue weighted by atomic mass is 35.5. The molecule has 1 aromatic rings. The summed E-state index contributed by atoms with van der Waals surface area (Å²) in [5.41, 5.74) is 0.108. The van der Waals surface area contributed by atoms with Gasteiger partial charge in [-0.2, -0.15) is 0 Å². The summed E-state index contributed by atoms with van der Waals surface area (Å²) in [5.74, 6) is -0.396. The molecule has 0 aliphatic heterocycles. The number of aromatic amines is 1. The average molecular weight is 288 g/mol. The average Bonchev–Trinajstić information content (AvgIpc) is 2.72. The molecule has 0 saturated carbocycles. The van der Waals surface area contributed by atoms with Crippen molar-refractivity contribution in [3.63, 3.8) is 0 Å². The Kier molecular flexibility index (Phi) is 4.94. The van der Waals surface area contributed by atoms with Crippen LogP contribution < -0.4 is 5.32 Å². The number of hydrogen-bond acceptors (Lipinski definition) is 3. The van der Waals surface area contributed by atoms with Gasteiger partial charge in [0.1, 0.15) is 5.69 Å². The predicted octanol–water partition coefficient (Wildman–Crippen LogP) is 2.70. The van der Waals surface area contributed by atoms with E-state index in [4.69, 9.17) is 11.6 Å². The Morgan fingerprint density at radius 2 is 2.21 bits per heavy atom. The fourth-order valence-electron chi connectivity index (χ4n) is 1.65. The molecule has 0 saturated heterocycles.